The molecule has 0 radical (unpaired) electrons. The van der Waals surface area contributed by atoms with Crippen LogP contribution in [-0.2, 0) is 11.8 Å². The lowest BCUT2D eigenvalue weighted by Gasteiger charge is -2.45. The number of carbonyl (C=O) groups excluding carboxylic acids is 1. The number of nitrogens with zero attached hydrogens (tertiary/aromatic N) is 4. The highest BCUT2D eigenvalue weighted by atomic mass is 16.6. The Hall–Kier alpha value is -3.01. The Morgan fingerprint density at radius 2 is 1.83 bits per heavy atom. The number of pyridine rings is 1. The van der Waals surface area contributed by atoms with E-state index in [1.165, 1.54) is 4.57 Å². The molecule has 1 aliphatic heterocycles. The van der Waals surface area contributed by atoms with Crippen molar-refractivity contribution in [3.8, 4) is 6.07 Å². The highest BCUT2D eigenvalue weighted by molar-refractivity contribution is 5.95. The Bertz CT molecular complexity index is 1040. The minimum absolute atomic E-state index is 0.0821. The number of rotatable bonds is 1. The van der Waals surface area contributed by atoms with E-state index >= 15 is 0 Å². The lowest BCUT2D eigenvalue weighted by molar-refractivity contribution is 0.0130. The van der Waals surface area contributed by atoms with Gasteiger partial charge in [0, 0.05) is 37.6 Å². The number of hydrogen-bond acceptors (Lipinski definition) is 5. The monoisotopic (exact) mass is 396 g/mol. The van der Waals surface area contributed by atoms with Crippen molar-refractivity contribution in [3.63, 3.8) is 0 Å². The van der Waals surface area contributed by atoms with Crippen LogP contribution in [-0.4, -0.2) is 46.3 Å². The topological polar surface area (TPSA) is 78.6 Å². The first kappa shape index (κ1) is 20.7. The van der Waals surface area contributed by atoms with Crippen LogP contribution in [0.15, 0.2) is 29.1 Å². The van der Waals surface area contributed by atoms with E-state index in [1.54, 1.807) is 11.9 Å². The lowest BCUT2D eigenvalue weighted by Crippen LogP contribution is -2.59. The van der Waals surface area contributed by atoms with Crippen molar-refractivity contribution < 1.29 is 9.53 Å². The van der Waals surface area contributed by atoms with Gasteiger partial charge in [-0.3, -0.25) is 4.79 Å². The Labute approximate surface area is 171 Å². The number of fused-ring (bicyclic) bond motifs is 1. The van der Waals surface area contributed by atoms with Crippen LogP contribution >= 0.6 is 0 Å². The summed E-state index contributed by atoms with van der Waals surface area (Å²) in [6, 6.07) is 9.50. The molecule has 2 atom stereocenters. The standard InChI is InChI=1S/C22H28N4O3/c1-14-13-26(21(28)29-22(3,4)5)15(2)12-25(14)19-16-9-7-8-10-18(16)24(6)20(27)17(19)11-23/h7-10,14-15H,12-13H2,1-6H3/t14-,15+/m0/s1. The fourth-order valence-corrected chi connectivity index (χ4v) is 3.89. The number of aromatic nitrogens is 1. The van der Waals surface area contributed by atoms with Crippen LogP contribution in [0.3, 0.4) is 0 Å². The molecule has 2 aromatic rings. The molecule has 0 aliphatic carbocycles. The zero-order valence-corrected chi connectivity index (χ0v) is 17.9. The molecule has 7 heteroatoms. The molecule has 1 amide bonds. The molecule has 0 unspecified atom stereocenters. The predicted molar refractivity (Wildman–Crippen MR) is 113 cm³/mol. The van der Waals surface area contributed by atoms with Crippen molar-refractivity contribution in [1.82, 2.24) is 9.47 Å². The second-order valence-electron chi connectivity index (χ2n) is 8.70. The highest BCUT2D eigenvalue weighted by Crippen LogP contribution is 2.32. The molecule has 0 bridgehead atoms. The summed E-state index contributed by atoms with van der Waals surface area (Å²) in [6.45, 7) is 10.5. The fraction of sp³-hybridized carbons (Fsp3) is 0.500. The summed E-state index contributed by atoms with van der Waals surface area (Å²) in [5, 5.41) is 10.6. The van der Waals surface area contributed by atoms with Gasteiger partial charge >= 0.3 is 6.09 Å². The normalized spacial score (nSPS) is 19.9. The first-order valence-corrected chi connectivity index (χ1v) is 9.83. The fourth-order valence-electron chi connectivity index (χ4n) is 3.89. The number of nitriles is 1. The van der Waals surface area contributed by atoms with E-state index in [9.17, 15) is 14.9 Å². The third-order valence-electron chi connectivity index (χ3n) is 5.29. The smallest absolute Gasteiger partial charge is 0.410 e. The second-order valence-corrected chi connectivity index (χ2v) is 8.70. The molecule has 1 aliphatic rings. The molecule has 2 heterocycles. The second kappa shape index (κ2) is 7.43. The number of aryl methyl sites for hydroxylation is 1. The maximum atomic E-state index is 12.8. The zero-order chi connectivity index (χ0) is 21.5. The molecule has 1 aromatic carbocycles. The Balaban J connectivity index is 2.04. The number of amides is 1. The van der Waals surface area contributed by atoms with Crippen LogP contribution in [0, 0.1) is 11.3 Å². The van der Waals surface area contributed by atoms with Crippen LogP contribution in [0.1, 0.15) is 40.2 Å². The summed E-state index contributed by atoms with van der Waals surface area (Å²) < 4.78 is 7.07. The minimum atomic E-state index is -0.563. The number of carbonyl (C=O) groups is 1. The number of hydrogen-bond donors (Lipinski definition) is 0. The van der Waals surface area contributed by atoms with Gasteiger partial charge in [-0.25, -0.2) is 4.79 Å². The number of anilines is 1. The van der Waals surface area contributed by atoms with Gasteiger partial charge in [0.15, 0.2) is 0 Å². The van der Waals surface area contributed by atoms with Gasteiger partial charge in [0.1, 0.15) is 17.2 Å². The minimum Gasteiger partial charge on any atom is -0.444 e. The molecule has 0 N–H and O–H groups in total. The SMILES string of the molecule is C[C@@H]1CN(c2c(C#N)c(=O)n(C)c3ccccc23)[C@@H](C)CN1C(=O)OC(C)(C)C. The summed E-state index contributed by atoms with van der Waals surface area (Å²) in [4.78, 5) is 29.3. The Morgan fingerprint density at radius 3 is 2.45 bits per heavy atom. The molecule has 0 spiro atoms. The summed E-state index contributed by atoms with van der Waals surface area (Å²) >= 11 is 0. The van der Waals surface area contributed by atoms with Crippen molar-refractivity contribution in [2.75, 3.05) is 18.0 Å². The largest absolute Gasteiger partial charge is 0.444 e. The van der Waals surface area contributed by atoms with Crippen molar-refractivity contribution >= 4 is 22.7 Å². The molecular weight excluding hydrogens is 368 g/mol. The van der Waals surface area contributed by atoms with E-state index in [0.717, 1.165) is 10.9 Å². The number of piperazine rings is 1. The molecule has 154 valence electrons. The van der Waals surface area contributed by atoms with E-state index in [-0.39, 0.29) is 29.3 Å². The van der Waals surface area contributed by atoms with Crippen LogP contribution in [0.2, 0.25) is 0 Å². The van der Waals surface area contributed by atoms with Gasteiger partial charge in [-0.2, -0.15) is 5.26 Å². The van der Waals surface area contributed by atoms with Gasteiger partial charge in [-0.1, -0.05) is 18.2 Å². The molecule has 3 rings (SSSR count). The first-order valence-electron chi connectivity index (χ1n) is 9.83. The molecule has 0 saturated carbocycles. The molecular formula is C22H28N4O3. The van der Waals surface area contributed by atoms with Crippen molar-refractivity contribution in [2.45, 2.75) is 52.3 Å². The van der Waals surface area contributed by atoms with Gasteiger partial charge in [0.05, 0.1) is 11.2 Å². The van der Waals surface area contributed by atoms with E-state index < -0.39 is 5.60 Å². The number of para-hydroxylation sites is 1. The van der Waals surface area contributed by atoms with Crippen molar-refractivity contribution in [3.05, 3.63) is 40.2 Å². The number of ether oxygens (including phenoxy) is 1. The van der Waals surface area contributed by atoms with E-state index in [4.69, 9.17) is 4.74 Å². The van der Waals surface area contributed by atoms with E-state index in [0.29, 0.717) is 18.8 Å². The third kappa shape index (κ3) is 3.80. The molecule has 1 fully saturated rings. The van der Waals surface area contributed by atoms with Crippen molar-refractivity contribution in [1.29, 1.82) is 5.26 Å². The average Bonchev–Trinajstić information content (AvgIpc) is 2.64. The Morgan fingerprint density at radius 1 is 1.17 bits per heavy atom. The maximum absolute atomic E-state index is 12.8. The molecule has 1 aromatic heterocycles. The summed E-state index contributed by atoms with van der Waals surface area (Å²) in [7, 11) is 1.68. The molecule has 1 saturated heterocycles. The Kier molecular flexibility index (Phi) is 5.31. The lowest BCUT2D eigenvalue weighted by atomic mass is 10.0. The van der Waals surface area contributed by atoms with Gasteiger partial charge in [0.25, 0.3) is 5.56 Å². The van der Waals surface area contributed by atoms with Gasteiger partial charge in [0.2, 0.25) is 0 Å². The van der Waals surface area contributed by atoms with Crippen LogP contribution in [0.25, 0.3) is 10.9 Å². The van der Waals surface area contributed by atoms with Gasteiger partial charge in [-0.15, -0.1) is 0 Å². The predicted octanol–water partition coefficient (Wildman–Crippen LogP) is 3.24. The van der Waals surface area contributed by atoms with Crippen LogP contribution in [0.5, 0.6) is 0 Å². The molecule has 29 heavy (non-hydrogen) atoms. The van der Waals surface area contributed by atoms with Crippen molar-refractivity contribution in [2.24, 2.45) is 7.05 Å². The summed E-state index contributed by atoms with van der Waals surface area (Å²) in [5.74, 6) is 0. The van der Waals surface area contributed by atoms with Gasteiger partial charge < -0.3 is 19.1 Å². The summed E-state index contributed by atoms with van der Waals surface area (Å²) in [6.07, 6.45) is -0.342. The van der Waals surface area contributed by atoms with Crippen LogP contribution < -0.4 is 10.5 Å². The highest BCUT2D eigenvalue weighted by Gasteiger charge is 2.36. The van der Waals surface area contributed by atoms with E-state index in [2.05, 4.69) is 11.0 Å². The molecule has 7 nitrogen and oxygen atoms in total. The zero-order valence-electron chi connectivity index (χ0n) is 17.9. The third-order valence-corrected chi connectivity index (χ3v) is 5.29. The van der Waals surface area contributed by atoms with Gasteiger partial charge in [-0.05, 0) is 40.7 Å². The summed E-state index contributed by atoms with van der Waals surface area (Å²) in [5.41, 5.74) is 0.689. The van der Waals surface area contributed by atoms with E-state index in [1.807, 2.05) is 58.9 Å². The maximum Gasteiger partial charge on any atom is 0.410 e. The average molecular weight is 396 g/mol. The first-order chi connectivity index (χ1) is 13.5. The quantitative estimate of drug-likeness (QED) is 0.739. The number of benzene rings is 1. The van der Waals surface area contributed by atoms with Crippen LogP contribution in [0.4, 0.5) is 10.5 Å².